The summed E-state index contributed by atoms with van der Waals surface area (Å²) < 4.78 is 12.5. The minimum Gasteiger partial charge on any atom is -0.497 e. The number of hydrogen-bond acceptors (Lipinski definition) is 6. The lowest BCUT2D eigenvalue weighted by Gasteiger charge is -2.31. The van der Waals surface area contributed by atoms with E-state index in [1.807, 2.05) is 47.4 Å². The van der Waals surface area contributed by atoms with Gasteiger partial charge in [0.1, 0.15) is 11.9 Å². The summed E-state index contributed by atoms with van der Waals surface area (Å²) in [4.78, 5) is 20.5. The van der Waals surface area contributed by atoms with Crippen molar-refractivity contribution in [2.75, 3.05) is 26.0 Å². The molecule has 4 rings (SSSR count). The number of rotatable bonds is 6. The topological polar surface area (TPSA) is 51.7 Å². The Kier molecular flexibility index (Phi) is 6.25. The Hall–Kier alpha value is -2.25. The molecule has 0 saturated carbocycles. The van der Waals surface area contributed by atoms with Crippen molar-refractivity contribution in [2.45, 2.75) is 30.8 Å². The lowest BCUT2D eigenvalue weighted by atomic mass is 10.1. The maximum Gasteiger partial charge on any atom is 0.274 e. The van der Waals surface area contributed by atoms with Gasteiger partial charge in [0.25, 0.3) is 11.1 Å². The van der Waals surface area contributed by atoms with Crippen LogP contribution in [0, 0.1) is 0 Å². The van der Waals surface area contributed by atoms with Crippen molar-refractivity contribution >= 4 is 39.2 Å². The lowest BCUT2D eigenvalue weighted by molar-refractivity contribution is 0.0595. The molecule has 1 saturated heterocycles. The second-order valence-electron chi connectivity index (χ2n) is 6.88. The Bertz CT molecular complexity index is 979. The first-order chi connectivity index (χ1) is 14.2. The number of thiazole rings is 1. The van der Waals surface area contributed by atoms with Gasteiger partial charge in [-0.3, -0.25) is 4.79 Å². The molecule has 1 aliphatic heterocycles. The van der Waals surface area contributed by atoms with Gasteiger partial charge in [-0.2, -0.15) is 0 Å². The predicted octanol–water partition coefficient (Wildman–Crippen LogP) is 5.10. The van der Waals surface area contributed by atoms with Gasteiger partial charge in [0, 0.05) is 42.5 Å². The first kappa shape index (κ1) is 20.0. The van der Waals surface area contributed by atoms with E-state index in [9.17, 15) is 4.79 Å². The van der Waals surface area contributed by atoms with E-state index in [4.69, 9.17) is 9.47 Å². The van der Waals surface area contributed by atoms with Gasteiger partial charge in [-0.25, -0.2) is 4.98 Å². The van der Waals surface area contributed by atoms with Crippen LogP contribution in [0.3, 0.4) is 0 Å². The van der Waals surface area contributed by atoms with Gasteiger partial charge in [0.05, 0.1) is 17.3 Å². The number of fused-ring (bicyclic) bond motifs is 1. The highest BCUT2D eigenvalue weighted by atomic mass is 32.2. The fourth-order valence-corrected chi connectivity index (χ4v) is 4.95. The molecule has 1 aliphatic rings. The quantitative estimate of drug-likeness (QED) is 0.511. The van der Waals surface area contributed by atoms with Crippen molar-refractivity contribution in [3.05, 3.63) is 48.0 Å². The average Bonchev–Trinajstić information content (AvgIpc) is 3.16. The van der Waals surface area contributed by atoms with Crippen LogP contribution in [0.15, 0.2) is 47.4 Å². The Morgan fingerprint density at radius 1 is 1.21 bits per heavy atom. The third kappa shape index (κ3) is 4.67. The van der Waals surface area contributed by atoms with Gasteiger partial charge in [-0.05, 0) is 42.2 Å². The summed E-state index contributed by atoms with van der Waals surface area (Å²) in [5.74, 6) is 1.93. The number of amides is 1. The van der Waals surface area contributed by atoms with Crippen molar-refractivity contribution < 1.29 is 14.3 Å². The lowest BCUT2D eigenvalue weighted by Crippen LogP contribution is -2.41. The number of piperidine rings is 1. The van der Waals surface area contributed by atoms with E-state index in [1.165, 1.54) is 4.90 Å². The molecule has 3 aromatic rings. The smallest absolute Gasteiger partial charge is 0.274 e. The molecular weight excluding hydrogens is 404 g/mol. The summed E-state index contributed by atoms with van der Waals surface area (Å²) in [5.41, 5.74) is 1.64. The van der Waals surface area contributed by atoms with E-state index in [2.05, 4.69) is 11.9 Å². The van der Waals surface area contributed by atoms with Crippen LogP contribution in [0.25, 0.3) is 10.2 Å². The van der Waals surface area contributed by atoms with Crippen molar-refractivity contribution in [3.8, 4) is 10.9 Å². The summed E-state index contributed by atoms with van der Waals surface area (Å²) >= 11 is 3.33. The largest absolute Gasteiger partial charge is 0.497 e. The van der Waals surface area contributed by atoms with Gasteiger partial charge in [-0.15, -0.1) is 11.8 Å². The average molecular weight is 429 g/mol. The highest BCUT2D eigenvalue weighted by molar-refractivity contribution is 7.99. The maximum absolute atomic E-state index is 12.8. The highest BCUT2D eigenvalue weighted by Crippen LogP contribution is 2.32. The van der Waals surface area contributed by atoms with Gasteiger partial charge in [0.2, 0.25) is 0 Å². The van der Waals surface area contributed by atoms with Crippen LogP contribution in [0.4, 0.5) is 0 Å². The summed E-state index contributed by atoms with van der Waals surface area (Å²) in [6.45, 7) is 3.53. The summed E-state index contributed by atoms with van der Waals surface area (Å²) in [5, 5.41) is 0.682. The Morgan fingerprint density at radius 2 is 1.97 bits per heavy atom. The molecule has 1 amide bonds. The summed E-state index contributed by atoms with van der Waals surface area (Å²) in [7, 11) is 1.65. The number of nitrogens with zero attached hydrogens (tertiary/aromatic N) is 2. The van der Waals surface area contributed by atoms with E-state index < -0.39 is 0 Å². The number of carbonyl (C=O) groups excluding carboxylic acids is 1. The number of likely N-dealkylation sites (tertiary alicyclic amines) is 1. The zero-order valence-electron chi connectivity index (χ0n) is 16.6. The van der Waals surface area contributed by atoms with E-state index >= 15 is 0 Å². The third-order valence-corrected chi connectivity index (χ3v) is 6.81. The van der Waals surface area contributed by atoms with Gasteiger partial charge < -0.3 is 14.4 Å². The number of methoxy groups -OCH3 is 1. The van der Waals surface area contributed by atoms with Crippen molar-refractivity contribution in [1.82, 2.24) is 9.88 Å². The molecule has 29 heavy (non-hydrogen) atoms. The standard InChI is InChI=1S/C22H24N2O3S2/c1-3-28-18-7-4-15(5-8-18)21(25)24-12-10-16(11-13-24)27-22-23-19-14-17(26-2)6-9-20(19)29-22/h4-9,14,16H,3,10-13H2,1-2H3. The molecule has 5 nitrogen and oxygen atoms in total. The predicted molar refractivity (Wildman–Crippen MR) is 119 cm³/mol. The minimum absolute atomic E-state index is 0.0878. The second-order valence-corrected chi connectivity index (χ2v) is 9.21. The highest BCUT2D eigenvalue weighted by Gasteiger charge is 2.25. The van der Waals surface area contributed by atoms with Crippen molar-refractivity contribution in [3.63, 3.8) is 0 Å². The molecule has 0 aliphatic carbocycles. The van der Waals surface area contributed by atoms with Crippen LogP contribution in [-0.4, -0.2) is 47.8 Å². The second kappa shape index (κ2) is 9.05. The van der Waals surface area contributed by atoms with Crippen molar-refractivity contribution in [2.24, 2.45) is 0 Å². The van der Waals surface area contributed by atoms with E-state index in [1.54, 1.807) is 30.2 Å². The molecule has 7 heteroatoms. The van der Waals surface area contributed by atoms with Gasteiger partial charge >= 0.3 is 0 Å². The molecule has 0 radical (unpaired) electrons. The number of ether oxygens (including phenoxy) is 2. The third-order valence-electron chi connectivity index (χ3n) is 4.98. The fraction of sp³-hybridized carbons (Fsp3) is 0.364. The zero-order valence-corrected chi connectivity index (χ0v) is 18.2. The van der Waals surface area contributed by atoms with E-state index in [-0.39, 0.29) is 12.0 Å². The number of benzene rings is 2. The number of thioether (sulfide) groups is 1. The fourth-order valence-electron chi connectivity index (χ4n) is 3.43. The van der Waals surface area contributed by atoms with Crippen LogP contribution in [0.5, 0.6) is 10.9 Å². The maximum atomic E-state index is 12.8. The molecule has 0 atom stereocenters. The van der Waals surface area contributed by atoms with Gasteiger partial charge in [-0.1, -0.05) is 18.3 Å². The molecule has 0 bridgehead atoms. The van der Waals surface area contributed by atoms with Crippen LogP contribution < -0.4 is 9.47 Å². The van der Waals surface area contributed by atoms with Crippen LogP contribution >= 0.6 is 23.1 Å². The van der Waals surface area contributed by atoms with Gasteiger partial charge in [0.15, 0.2) is 0 Å². The molecule has 152 valence electrons. The Balaban J connectivity index is 1.33. The molecule has 2 aromatic carbocycles. The summed E-state index contributed by atoms with van der Waals surface area (Å²) in [6.07, 6.45) is 1.72. The monoisotopic (exact) mass is 428 g/mol. The molecular formula is C22H24N2O3S2. The molecule has 1 aromatic heterocycles. The van der Waals surface area contributed by atoms with Crippen LogP contribution in [0.2, 0.25) is 0 Å². The first-order valence-corrected chi connectivity index (χ1v) is 11.6. The number of hydrogen-bond donors (Lipinski definition) is 0. The Labute approximate surface area is 179 Å². The van der Waals surface area contributed by atoms with Crippen molar-refractivity contribution in [1.29, 1.82) is 0 Å². The normalized spacial score (nSPS) is 14.9. The molecule has 0 unspecified atom stereocenters. The number of aromatic nitrogens is 1. The minimum atomic E-state index is 0.0878. The SMILES string of the molecule is CCSc1ccc(C(=O)N2CCC(Oc3nc4cc(OC)ccc4s3)CC2)cc1. The molecule has 0 spiro atoms. The summed E-state index contributed by atoms with van der Waals surface area (Å²) in [6, 6.07) is 13.8. The zero-order chi connectivity index (χ0) is 20.2. The number of carbonyl (C=O) groups is 1. The first-order valence-electron chi connectivity index (χ1n) is 9.79. The van der Waals surface area contributed by atoms with E-state index in [0.29, 0.717) is 18.3 Å². The Morgan fingerprint density at radius 3 is 2.66 bits per heavy atom. The molecule has 2 heterocycles. The van der Waals surface area contributed by atoms with Crippen LogP contribution in [-0.2, 0) is 0 Å². The van der Waals surface area contributed by atoms with E-state index in [0.717, 1.165) is 40.1 Å². The molecule has 0 N–H and O–H groups in total. The van der Waals surface area contributed by atoms with Crippen LogP contribution in [0.1, 0.15) is 30.1 Å². The molecule has 1 fully saturated rings.